The van der Waals surface area contributed by atoms with Gasteiger partial charge in [0.25, 0.3) is 0 Å². The largest absolute Gasteiger partial charge is 0.493 e. The molecule has 0 aliphatic carbocycles. The zero-order valence-electron chi connectivity index (χ0n) is 11.6. The predicted octanol–water partition coefficient (Wildman–Crippen LogP) is 3.27. The van der Waals surface area contributed by atoms with Gasteiger partial charge in [0.1, 0.15) is 12.4 Å². The van der Waals surface area contributed by atoms with E-state index >= 15 is 0 Å². The molecule has 1 rings (SSSR count). The zero-order chi connectivity index (χ0) is 14.3. The molecule has 0 fully saturated rings. The number of carbonyl (C=O) groups is 1. The number of hydrogen-bond donors (Lipinski definition) is 1. The van der Waals surface area contributed by atoms with Gasteiger partial charge in [-0.25, -0.2) is 4.79 Å². The number of benzene rings is 1. The normalized spacial score (nSPS) is 9.58. The van der Waals surface area contributed by atoms with Crippen LogP contribution in [0.15, 0.2) is 12.1 Å². The summed E-state index contributed by atoms with van der Waals surface area (Å²) < 4.78 is 10.5. The average molecular weight is 261 g/mol. The number of carbonyl (C=O) groups excluding carboxylic acids is 1. The molecule has 19 heavy (non-hydrogen) atoms. The summed E-state index contributed by atoms with van der Waals surface area (Å²) in [6, 6.07) is 3.70. The van der Waals surface area contributed by atoms with Gasteiger partial charge in [-0.2, -0.15) is 0 Å². The summed E-state index contributed by atoms with van der Waals surface area (Å²) in [5.41, 5.74) is 2.63. The summed E-state index contributed by atoms with van der Waals surface area (Å²) in [4.78, 5) is 11.5. The van der Waals surface area contributed by atoms with E-state index in [-0.39, 0.29) is 6.61 Å². The molecule has 0 aromatic heterocycles. The van der Waals surface area contributed by atoms with Gasteiger partial charge < -0.3 is 9.47 Å². The first-order valence-electron chi connectivity index (χ1n) is 6.19. The van der Waals surface area contributed by atoms with E-state index in [9.17, 15) is 4.79 Å². The van der Waals surface area contributed by atoms with Gasteiger partial charge in [0.15, 0.2) is 0 Å². The first kappa shape index (κ1) is 14.9. The van der Waals surface area contributed by atoms with Crippen molar-refractivity contribution in [3.63, 3.8) is 0 Å². The van der Waals surface area contributed by atoms with E-state index in [0.29, 0.717) is 18.7 Å². The van der Waals surface area contributed by atoms with E-state index in [4.69, 9.17) is 15.9 Å². The second-order valence-corrected chi connectivity index (χ2v) is 4.09. The molecule has 1 aromatic rings. The smallest absolute Gasteiger partial charge is 0.411 e. The standard InChI is InChI=1S/C15H19NO3/c1-5-7-8-19-15(17)16-13-9-11(3)14(18-6-2)12(4)10-13/h1,9-10H,6-8H2,2-4H3,(H,16,17). The van der Waals surface area contributed by atoms with E-state index < -0.39 is 6.09 Å². The molecule has 0 spiro atoms. The van der Waals surface area contributed by atoms with Gasteiger partial charge in [-0.05, 0) is 44.0 Å². The van der Waals surface area contributed by atoms with Gasteiger partial charge >= 0.3 is 6.09 Å². The second-order valence-electron chi connectivity index (χ2n) is 4.09. The number of nitrogens with one attached hydrogen (secondary N) is 1. The number of rotatable bonds is 5. The molecular weight excluding hydrogens is 242 g/mol. The molecule has 0 heterocycles. The van der Waals surface area contributed by atoms with E-state index in [0.717, 1.165) is 16.9 Å². The van der Waals surface area contributed by atoms with E-state index in [1.807, 2.05) is 32.9 Å². The first-order valence-corrected chi connectivity index (χ1v) is 6.19. The lowest BCUT2D eigenvalue weighted by Crippen LogP contribution is -2.14. The van der Waals surface area contributed by atoms with E-state index in [1.54, 1.807) is 0 Å². The van der Waals surface area contributed by atoms with Crippen molar-refractivity contribution in [1.29, 1.82) is 0 Å². The van der Waals surface area contributed by atoms with Crippen LogP contribution in [-0.4, -0.2) is 19.3 Å². The molecule has 4 heteroatoms. The van der Waals surface area contributed by atoms with Crippen LogP contribution in [0.2, 0.25) is 0 Å². The Kier molecular flexibility index (Phi) is 5.74. The Morgan fingerprint density at radius 1 is 1.37 bits per heavy atom. The van der Waals surface area contributed by atoms with E-state index in [2.05, 4.69) is 11.2 Å². The number of amides is 1. The summed E-state index contributed by atoms with van der Waals surface area (Å²) in [6.07, 6.45) is 4.99. The molecule has 4 nitrogen and oxygen atoms in total. The van der Waals surface area contributed by atoms with Crippen LogP contribution in [0, 0.1) is 26.2 Å². The van der Waals surface area contributed by atoms with Crippen molar-refractivity contribution in [1.82, 2.24) is 0 Å². The molecule has 0 aliphatic rings. The Morgan fingerprint density at radius 3 is 2.53 bits per heavy atom. The molecule has 0 radical (unpaired) electrons. The summed E-state index contributed by atoms with van der Waals surface area (Å²) in [5, 5.41) is 2.67. The summed E-state index contributed by atoms with van der Waals surface area (Å²) in [6.45, 7) is 6.65. The maximum Gasteiger partial charge on any atom is 0.411 e. The first-order chi connectivity index (χ1) is 9.08. The minimum absolute atomic E-state index is 0.220. The average Bonchev–Trinajstić information content (AvgIpc) is 2.34. The molecule has 0 atom stereocenters. The number of hydrogen-bond acceptors (Lipinski definition) is 3. The number of anilines is 1. The van der Waals surface area contributed by atoms with Crippen molar-refractivity contribution in [3.8, 4) is 18.1 Å². The predicted molar refractivity (Wildman–Crippen MR) is 75.5 cm³/mol. The quantitative estimate of drug-likeness (QED) is 0.653. The number of aryl methyl sites for hydroxylation is 2. The highest BCUT2D eigenvalue weighted by Gasteiger charge is 2.08. The topological polar surface area (TPSA) is 47.6 Å². The molecule has 1 aromatic carbocycles. The zero-order valence-corrected chi connectivity index (χ0v) is 11.6. The van der Waals surface area contributed by atoms with Gasteiger partial charge in [-0.1, -0.05) is 0 Å². The highest BCUT2D eigenvalue weighted by atomic mass is 16.5. The third-order valence-electron chi connectivity index (χ3n) is 2.47. The number of ether oxygens (including phenoxy) is 2. The van der Waals surface area contributed by atoms with Crippen LogP contribution in [0.1, 0.15) is 24.5 Å². The van der Waals surface area contributed by atoms with Crippen LogP contribution in [0.25, 0.3) is 0 Å². The third-order valence-corrected chi connectivity index (χ3v) is 2.47. The third kappa shape index (κ3) is 4.55. The van der Waals surface area contributed by atoms with Gasteiger partial charge in [0.2, 0.25) is 0 Å². The summed E-state index contributed by atoms with van der Waals surface area (Å²) >= 11 is 0. The van der Waals surface area contributed by atoms with Crippen molar-refractivity contribution >= 4 is 11.8 Å². The molecule has 0 bridgehead atoms. The lowest BCUT2D eigenvalue weighted by atomic mass is 10.1. The van der Waals surface area contributed by atoms with Crippen LogP contribution in [-0.2, 0) is 4.74 Å². The molecule has 0 unspecified atom stereocenters. The highest BCUT2D eigenvalue weighted by molar-refractivity contribution is 5.85. The minimum atomic E-state index is -0.502. The molecule has 0 saturated carbocycles. The highest BCUT2D eigenvalue weighted by Crippen LogP contribution is 2.27. The maximum absolute atomic E-state index is 11.5. The Bertz CT molecular complexity index is 466. The second kappa shape index (κ2) is 7.32. The maximum atomic E-state index is 11.5. The fourth-order valence-electron chi connectivity index (χ4n) is 1.75. The van der Waals surface area contributed by atoms with Crippen LogP contribution in [0.5, 0.6) is 5.75 Å². The van der Waals surface area contributed by atoms with Crippen molar-refractivity contribution in [3.05, 3.63) is 23.3 Å². The van der Waals surface area contributed by atoms with Gasteiger partial charge in [0.05, 0.1) is 6.61 Å². The van der Waals surface area contributed by atoms with Gasteiger partial charge in [-0.3, -0.25) is 5.32 Å². The Morgan fingerprint density at radius 2 is 2.00 bits per heavy atom. The van der Waals surface area contributed by atoms with Crippen molar-refractivity contribution in [2.75, 3.05) is 18.5 Å². The summed E-state index contributed by atoms with van der Waals surface area (Å²) in [5.74, 6) is 3.26. The van der Waals surface area contributed by atoms with Crippen LogP contribution in [0.4, 0.5) is 10.5 Å². The lowest BCUT2D eigenvalue weighted by molar-refractivity contribution is 0.164. The Balaban J connectivity index is 2.70. The fourth-order valence-corrected chi connectivity index (χ4v) is 1.75. The fraction of sp³-hybridized carbons (Fsp3) is 0.400. The van der Waals surface area contributed by atoms with Crippen molar-refractivity contribution in [2.24, 2.45) is 0 Å². The molecule has 0 saturated heterocycles. The van der Waals surface area contributed by atoms with Gasteiger partial charge in [-0.15, -0.1) is 12.3 Å². The Labute approximate surface area is 114 Å². The van der Waals surface area contributed by atoms with Gasteiger partial charge in [0, 0.05) is 12.1 Å². The lowest BCUT2D eigenvalue weighted by Gasteiger charge is -2.13. The Hall–Kier alpha value is -2.15. The molecule has 0 aliphatic heterocycles. The number of terminal acetylenes is 1. The van der Waals surface area contributed by atoms with Crippen molar-refractivity contribution < 1.29 is 14.3 Å². The molecule has 1 amide bonds. The molecule has 1 N–H and O–H groups in total. The van der Waals surface area contributed by atoms with Crippen LogP contribution in [0.3, 0.4) is 0 Å². The molecular formula is C15H19NO3. The van der Waals surface area contributed by atoms with E-state index in [1.165, 1.54) is 0 Å². The molecule has 102 valence electrons. The van der Waals surface area contributed by atoms with Crippen LogP contribution >= 0.6 is 0 Å². The van der Waals surface area contributed by atoms with Crippen molar-refractivity contribution in [2.45, 2.75) is 27.2 Å². The van der Waals surface area contributed by atoms with Crippen LogP contribution < -0.4 is 10.1 Å². The minimum Gasteiger partial charge on any atom is -0.493 e. The monoisotopic (exact) mass is 261 g/mol. The SMILES string of the molecule is C#CCCOC(=O)Nc1cc(C)c(OCC)c(C)c1. The summed E-state index contributed by atoms with van der Waals surface area (Å²) in [7, 11) is 0.